The maximum atomic E-state index is 12.0. The van der Waals surface area contributed by atoms with Crippen LogP contribution in [0.1, 0.15) is 34.0 Å². The molecule has 1 aliphatic carbocycles. The summed E-state index contributed by atoms with van der Waals surface area (Å²) in [4.78, 5) is 23.9. The van der Waals surface area contributed by atoms with Crippen LogP contribution in [0.5, 0.6) is 5.75 Å². The maximum absolute atomic E-state index is 12.0. The lowest BCUT2D eigenvalue weighted by atomic mass is 9.82. The first-order chi connectivity index (χ1) is 10.4. The number of methoxy groups -OCH3 is 3. The average molecular weight is 304 g/mol. The second kappa shape index (κ2) is 6.22. The van der Waals surface area contributed by atoms with Gasteiger partial charge in [0.2, 0.25) is 0 Å². The highest BCUT2D eigenvalue weighted by Crippen LogP contribution is 2.38. The van der Waals surface area contributed by atoms with Gasteiger partial charge in [-0.3, -0.25) is 0 Å². The Balaban J connectivity index is 2.66. The van der Waals surface area contributed by atoms with Crippen LogP contribution in [-0.2, 0) is 20.7 Å². The van der Waals surface area contributed by atoms with Crippen LogP contribution in [0.3, 0.4) is 0 Å². The van der Waals surface area contributed by atoms with Gasteiger partial charge in [-0.05, 0) is 36.5 Å². The van der Waals surface area contributed by atoms with Crippen molar-refractivity contribution < 1.29 is 23.8 Å². The van der Waals surface area contributed by atoms with E-state index in [4.69, 9.17) is 14.2 Å². The van der Waals surface area contributed by atoms with E-state index in [0.29, 0.717) is 23.3 Å². The Morgan fingerprint density at radius 1 is 1.14 bits per heavy atom. The van der Waals surface area contributed by atoms with Gasteiger partial charge in [0.15, 0.2) is 0 Å². The minimum atomic E-state index is -0.424. The maximum Gasteiger partial charge on any atom is 0.341 e. The van der Waals surface area contributed by atoms with Crippen molar-refractivity contribution in [1.82, 2.24) is 0 Å². The minimum absolute atomic E-state index is 0.0120. The van der Waals surface area contributed by atoms with Gasteiger partial charge >= 0.3 is 11.9 Å². The van der Waals surface area contributed by atoms with Gasteiger partial charge in [-0.1, -0.05) is 13.0 Å². The smallest absolute Gasteiger partial charge is 0.341 e. The molecular weight excluding hydrogens is 284 g/mol. The summed E-state index contributed by atoms with van der Waals surface area (Å²) in [6.07, 6.45) is 2.41. The number of carbonyl (C=O) groups excluding carboxylic acids is 2. The second-order valence-corrected chi connectivity index (χ2v) is 5.36. The Morgan fingerprint density at radius 2 is 1.77 bits per heavy atom. The van der Waals surface area contributed by atoms with Crippen molar-refractivity contribution in [3.05, 3.63) is 33.9 Å². The predicted molar refractivity (Wildman–Crippen MR) is 81.9 cm³/mol. The van der Waals surface area contributed by atoms with Crippen molar-refractivity contribution in [3.8, 4) is 5.75 Å². The number of hydrogen-bond donors (Lipinski definition) is 0. The van der Waals surface area contributed by atoms with E-state index in [-0.39, 0.29) is 11.9 Å². The van der Waals surface area contributed by atoms with Gasteiger partial charge in [-0.2, -0.15) is 0 Å². The highest BCUT2D eigenvalue weighted by atomic mass is 16.5. The SMILES string of the molecule is COC(=O)C1=Cc2cc(C)c(C(=O)OC)c(OC)c2CC1C. The molecule has 1 aliphatic rings. The molecule has 0 fully saturated rings. The third-order valence-corrected chi connectivity index (χ3v) is 3.98. The molecule has 0 heterocycles. The standard InChI is InChI=1S/C17H20O5/c1-9-7-13-11(8-12(9)16(18)21-4)6-10(2)14(15(13)20-3)17(19)22-5/h6,8-9H,7H2,1-5H3. The first kappa shape index (κ1) is 16.1. The molecular formula is C17H20O5. The molecule has 2 rings (SSSR count). The Kier molecular flexibility index (Phi) is 4.54. The predicted octanol–water partition coefficient (Wildman–Crippen LogP) is 2.54. The second-order valence-electron chi connectivity index (χ2n) is 5.36. The van der Waals surface area contributed by atoms with Crippen LogP contribution in [0.15, 0.2) is 11.6 Å². The molecule has 0 amide bonds. The third-order valence-electron chi connectivity index (χ3n) is 3.98. The number of rotatable bonds is 3. The van der Waals surface area contributed by atoms with Crippen LogP contribution < -0.4 is 4.74 Å². The third kappa shape index (κ3) is 2.58. The van der Waals surface area contributed by atoms with Gasteiger partial charge in [0.25, 0.3) is 0 Å². The van der Waals surface area contributed by atoms with E-state index in [1.165, 1.54) is 21.3 Å². The fourth-order valence-electron chi connectivity index (χ4n) is 2.88. The van der Waals surface area contributed by atoms with Gasteiger partial charge in [-0.15, -0.1) is 0 Å². The van der Waals surface area contributed by atoms with E-state index in [0.717, 1.165) is 16.7 Å². The lowest BCUT2D eigenvalue weighted by Gasteiger charge is -2.25. The molecule has 118 valence electrons. The molecule has 0 aliphatic heterocycles. The van der Waals surface area contributed by atoms with E-state index in [2.05, 4.69) is 0 Å². The summed E-state index contributed by atoms with van der Waals surface area (Å²) in [5.41, 5.74) is 3.60. The van der Waals surface area contributed by atoms with Crippen molar-refractivity contribution >= 4 is 18.0 Å². The average Bonchev–Trinajstić information content (AvgIpc) is 2.52. The number of benzene rings is 1. The zero-order valence-electron chi connectivity index (χ0n) is 13.5. The van der Waals surface area contributed by atoms with Crippen LogP contribution in [0.25, 0.3) is 6.08 Å². The van der Waals surface area contributed by atoms with E-state index < -0.39 is 5.97 Å². The molecule has 0 bridgehead atoms. The number of fused-ring (bicyclic) bond motifs is 1. The van der Waals surface area contributed by atoms with Crippen molar-refractivity contribution in [2.24, 2.45) is 5.92 Å². The van der Waals surface area contributed by atoms with Gasteiger partial charge in [-0.25, -0.2) is 9.59 Å². The molecule has 1 unspecified atom stereocenters. The Bertz CT molecular complexity index is 658. The first-order valence-corrected chi connectivity index (χ1v) is 7.03. The molecule has 0 spiro atoms. The van der Waals surface area contributed by atoms with Crippen LogP contribution in [0.2, 0.25) is 0 Å². The molecule has 1 atom stereocenters. The number of esters is 2. The van der Waals surface area contributed by atoms with Crippen molar-refractivity contribution in [3.63, 3.8) is 0 Å². The van der Waals surface area contributed by atoms with Crippen LogP contribution in [0, 0.1) is 12.8 Å². The number of carbonyl (C=O) groups is 2. The Labute approximate surface area is 129 Å². The van der Waals surface area contributed by atoms with Gasteiger partial charge < -0.3 is 14.2 Å². The summed E-state index contributed by atoms with van der Waals surface area (Å²) in [7, 11) is 4.25. The van der Waals surface area contributed by atoms with Crippen molar-refractivity contribution in [2.45, 2.75) is 20.3 Å². The number of aryl methyl sites for hydroxylation is 1. The van der Waals surface area contributed by atoms with Crippen molar-refractivity contribution in [1.29, 1.82) is 0 Å². The zero-order chi connectivity index (χ0) is 16.4. The van der Waals surface area contributed by atoms with E-state index in [1.807, 2.05) is 26.0 Å². The summed E-state index contributed by atoms with van der Waals surface area (Å²) < 4.78 is 15.1. The van der Waals surface area contributed by atoms with E-state index in [9.17, 15) is 9.59 Å². The zero-order valence-corrected chi connectivity index (χ0v) is 13.5. The van der Waals surface area contributed by atoms with Gasteiger partial charge in [0.1, 0.15) is 11.3 Å². The van der Waals surface area contributed by atoms with Crippen molar-refractivity contribution in [2.75, 3.05) is 21.3 Å². The Morgan fingerprint density at radius 3 is 2.32 bits per heavy atom. The summed E-state index contributed by atoms with van der Waals surface area (Å²) in [5.74, 6) is -0.240. The van der Waals surface area contributed by atoms with Crippen LogP contribution in [-0.4, -0.2) is 33.3 Å². The molecule has 22 heavy (non-hydrogen) atoms. The summed E-state index contributed by atoms with van der Waals surface area (Å²) in [6, 6.07) is 1.87. The molecule has 0 saturated carbocycles. The summed E-state index contributed by atoms with van der Waals surface area (Å²) >= 11 is 0. The quantitative estimate of drug-likeness (QED) is 0.803. The Hall–Kier alpha value is -2.30. The molecule has 1 aromatic carbocycles. The molecule has 0 radical (unpaired) electrons. The lowest BCUT2D eigenvalue weighted by molar-refractivity contribution is -0.136. The van der Waals surface area contributed by atoms with E-state index >= 15 is 0 Å². The lowest BCUT2D eigenvalue weighted by Crippen LogP contribution is -2.20. The van der Waals surface area contributed by atoms with Gasteiger partial charge in [0.05, 0.1) is 21.3 Å². The first-order valence-electron chi connectivity index (χ1n) is 7.03. The van der Waals surface area contributed by atoms with Gasteiger partial charge in [0, 0.05) is 11.1 Å². The highest BCUT2D eigenvalue weighted by molar-refractivity contribution is 5.98. The molecule has 0 saturated heterocycles. The number of ether oxygens (including phenoxy) is 3. The van der Waals surface area contributed by atoms with Crippen LogP contribution in [0.4, 0.5) is 0 Å². The molecule has 0 N–H and O–H groups in total. The topological polar surface area (TPSA) is 61.8 Å². The normalized spacial score (nSPS) is 16.4. The minimum Gasteiger partial charge on any atom is -0.496 e. The van der Waals surface area contributed by atoms with E-state index in [1.54, 1.807) is 0 Å². The molecule has 5 nitrogen and oxygen atoms in total. The number of hydrogen-bond acceptors (Lipinski definition) is 5. The molecule has 0 aromatic heterocycles. The largest absolute Gasteiger partial charge is 0.496 e. The summed E-state index contributed by atoms with van der Waals surface area (Å²) in [5, 5.41) is 0. The monoisotopic (exact) mass is 304 g/mol. The fraction of sp³-hybridized carbons (Fsp3) is 0.412. The highest BCUT2D eigenvalue weighted by Gasteiger charge is 2.29. The summed E-state index contributed by atoms with van der Waals surface area (Å²) in [6.45, 7) is 3.77. The fourth-order valence-corrected chi connectivity index (χ4v) is 2.88. The molecule has 5 heteroatoms. The van der Waals surface area contributed by atoms with Crippen LogP contribution >= 0.6 is 0 Å². The molecule has 1 aromatic rings.